The lowest BCUT2D eigenvalue weighted by Crippen LogP contribution is -2.22. The summed E-state index contributed by atoms with van der Waals surface area (Å²) in [4.78, 5) is 26.9. The third kappa shape index (κ3) is 3.31. The molecule has 2 rings (SSSR count). The van der Waals surface area contributed by atoms with E-state index >= 15 is 0 Å². The number of methoxy groups -OCH3 is 3. The van der Waals surface area contributed by atoms with Crippen molar-refractivity contribution in [2.45, 2.75) is 12.8 Å². The van der Waals surface area contributed by atoms with Crippen LogP contribution in [0.5, 0.6) is 11.5 Å². The van der Waals surface area contributed by atoms with E-state index in [4.69, 9.17) is 14.2 Å². The number of hydrogen-bond acceptors (Lipinski definition) is 6. The lowest BCUT2D eigenvalue weighted by molar-refractivity contribution is -0.135. The molecule has 0 radical (unpaired) electrons. The first-order valence-electron chi connectivity index (χ1n) is 7.32. The molecule has 0 N–H and O–H groups in total. The molecule has 124 valence electrons. The highest BCUT2D eigenvalue weighted by molar-refractivity contribution is 6.24. The monoisotopic (exact) mass is 319 g/mol. The number of rotatable bonds is 5. The second-order valence-corrected chi connectivity index (χ2v) is 5.24. The summed E-state index contributed by atoms with van der Waals surface area (Å²) in [6.07, 6.45) is 1.59. The van der Waals surface area contributed by atoms with Gasteiger partial charge in [0.15, 0.2) is 11.5 Å². The van der Waals surface area contributed by atoms with E-state index in [2.05, 4.69) is 0 Å². The maximum absolute atomic E-state index is 12.9. The molecule has 0 atom stereocenters. The number of allylic oxidation sites excluding steroid dienone is 1. The Morgan fingerprint density at radius 1 is 1.09 bits per heavy atom. The zero-order valence-electron chi connectivity index (χ0n) is 13.8. The molecule has 0 aliphatic carbocycles. The predicted octanol–water partition coefficient (Wildman–Crippen LogP) is 2.04. The summed E-state index contributed by atoms with van der Waals surface area (Å²) >= 11 is 0. The van der Waals surface area contributed by atoms with Gasteiger partial charge in [-0.05, 0) is 31.0 Å². The van der Waals surface area contributed by atoms with Crippen LogP contribution in [0.2, 0.25) is 0 Å². The minimum atomic E-state index is -0.617. The van der Waals surface area contributed by atoms with Crippen LogP contribution in [0.4, 0.5) is 0 Å². The first-order chi connectivity index (χ1) is 11.0. The zero-order chi connectivity index (χ0) is 17.0. The number of carbonyl (C=O) groups is 2. The Hall–Kier alpha value is -2.50. The molecule has 1 aromatic rings. The summed E-state index contributed by atoms with van der Waals surface area (Å²) in [5, 5.41) is 0. The average Bonchev–Trinajstić information content (AvgIpc) is 2.99. The van der Waals surface area contributed by atoms with E-state index in [0.717, 1.165) is 18.7 Å². The topological polar surface area (TPSA) is 65.1 Å². The summed E-state index contributed by atoms with van der Waals surface area (Å²) in [5.74, 6) is -0.0308. The fourth-order valence-electron chi connectivity index (χ4n) is 2.69. The molecular formula is C17H21NO5. The highest BCUT2D eigenvalue weighted by Crippen LogP contribution is 2.30. The molecule has 0 spiro atoms. The lowest BCUT2D eigenvalue weighted by Gasteiger charge is -2.17. The molecule has 23 heavy (non-hydrogen) atoms. The number of nitrogens with zero attached hydrogens (tertiary/aromatic N) is 1. The molecule has 0 saturated carbocycles. The van der Waals surface area contributed by atoms with E-state index in [1.165, 1.54) is 21.3 Å². The quantitative estimate of drug-likeness (QED) is 0.272. The van der Waals surface area contributed by atoms with Gasteiger partial charge in [0.2, 0.25) is 5.78 Å². The minimum absolute atomic E-state index is 0.0831. The van der Waals surface area contributed by atoms with Crippen molar-refractivity contribution < 1.29 is 23.8 Å². The van der Waals surface area contributed by atoms with E-state index in [0.29, 0.717) is 23.5 Å². The second kappa shape index (κ2) is 7.17. The van der Waals surface area contributed by atoms with Crippen LogP contribution in [0, 0.1) is 0 Å². The molecule has 0 amide bonds. The lowest BCUT2D eigenvalue weighted by atomic mass is 10.00. The number of ketones is 1. The Balaban J connectivity index is 2.48. The average molecular weight is 319 g/mol. The Morgan fingerprint density at radius 2 is 1.78 bits per heavy atom. The molecule has 1 aromatic carbocycles. The number of ether oxygens (including phenoxy) is 3. The van der Waals surface area contributed by atoms with Crippen molar-refractivity contribution in [2.75, 3.05) is 34.9 Å². The van der Waals surface area contributed by atoms with Crippen LogP contribution in [-0.4, -0.2) is 51.6 Å². The van der Waals surface area contributed by atoms with Crippen LogP contribution in [0.1, 0.15) is 23.2 Å². The van der Waals surface area contributed by atoms with Crippen LogP contribution in [0.3, 0.4) is 0 Å². The van der Waals surface area contributed by atoms with Crippen LogP contribution in [0.15, 0.2) is 29.5 Å². The maximum Gasteiger partial charge on any atom is 0.343 e. The molecular weight excluding hydrogens is 298 g/mol. The highest BCUT2D eigenvalue weighted by atomic mass is 16.5. The number of Topliss-reactive ketones (excluding diaryl/α,β-unsaturated/α-hetero) is 1. The van der Waals surface area contributed by atoms with Crippen molar-refractivity contribution in [3.8, 4) is 11.5 Å². The summed E-state index contributed by atoms with van der Waals surface area (Å²) in [7, 11) is 6.16. The SMILES string of the molecule is COC(=O)/C(C(=O)c1ccc(OC)c(OC)c1)=C1\CCCN1C. The highest BCUT2D eigenvalue weighted by Gasteiger charge is 2.29. The number of hydrogen-bond donors (Lipinski definition) is 0. The molecule has 1 fully saturated rings. The third-order valence-electron chi connectivity index (χ3n) is 3.92. The van der Waals surface area contributed by atoms with Gasteiger partial charge < -0.3 is 19.1 Å². The van der Waals surface area contributed by atoms with Crippen LogP contribution < -0.4 is 9.47 Å². The molecule has 6 nitrogen and oxygen atoms in total. The van der Waals surface area contributed by atoms with Gasteiger partial charge in [0.05, 0.1) is 21.3 Å². The predicted molar refractivity (Wildman–Crippen MR) is 84.8 cm³/mol. The van der Waals surface area contributed by atoms with Crippen LogP contribution >= 0.6 is 0 Å². The Bertz CT molecular complexity index is 650. The molecule has 6 heteroatoms. The molecule has 1 heterocycles. The van der Waals surface area contributed by atoms with Crippen molar-refractivity contribution in [2.24, 2.45) is 0 Å². The fraction of sp³-hybridized carbons (Fsp3) is 0.412. The van der Waals surface area contributed by atoms with Crippen molar-refractivity contribution >= 4 is 11.8 Å². The van der Waals surface area contributed by atoms with Gasteiger partial charge in [-0.3, -0.25) is 4.79 Å². The van der Waals surface area contributed by atoms with E-state index in [9.17, 15) is 9.59 Å². The van der Waals surface area contributed by atoms with Gasteiger partial charge in [-0.15, -0.1) is 0 Å². The second-order valence-electron chi connectivity index (χ2n) is 5.24. The van der Waals surface area contributed by atoms with Crippen molar-refractivity contribution in [3.05, 3.63) is 35.0 Å². The van der Waals surface area contributed by atoms with Gasteiger partial charge >= 0.3 is 5.97 Å². The maximum atomic E-state index is 12.9. The van der Waals surface area contributed by atoms with E-state index in [1.807, 2.05) is 11.9 Å². The zero-order valence-corrected chi connectivity index (χ0v) is 13.8. The molecule has 1 aliphatic heterocycles. The molecule has 0 unspecified atom stereocenters. The summed E-state index contributed by atoms with van der Waals surface area (Å²) in [6, 6.07) is 4.83. The normalized spacial score (nSPS) is 16.1. The van der Waals surface area contributed by atoms with E-state index in [1.54, 1.807) is 18.2 Å². The molecule has 0 bridgehead atoms. The number of esters is 1. The molecule has 1 saturated heterocycles. The van der Waals surface area contributed by atoms with Gasteiger partial charge in [0, 0.05) is 24.9 Å². The van der Waals surface area contributed by atoms with Gasteiger partial charge in [0.1, 0.15) is 5.57 Å². The number of carbonyl (C=O) groups excluding carboxylic acids is 2. The smallest absolute Gasteiger partial charge is 0.343 e. The standard InChI is InChI=1S/C17H21NO5/c1-18-9-5-6-12(18)15(17(20)23-4)16(19)11-7-8-13(21-2)14(10-11)22-3/h7-8,10H,5-6,9H2,1-4H3/b15-12+. The van der Waals surface area contributed by atoms with Gasteiger partial charge in [-0.1, -0.05) is 0 Å². The first kappa shape index (κ1) is 16.9. The van der Waals surface area contributed by atoms with Gasteiger partial charge in [-0.25, -0.2) is 4.79 Å². The van der Waals surface area contributed by atoms with Gasteiger partial charge in [0.25, 0.3) is 0 Å². The van der Waals surface area contributed by atoms with Crippen molar-refractivity contribution in [3.63, 3.8) is 0 Å². The first-order valence-corrected chi connectivity index (χ1v) is 7.32. The summed E-state index contributed by atoms with van der Waals surface area (Å²) in [5.41, 5.74) is 1.16. The fourth-order valence-corrected chi connectivity index (χ4v) is 2.69. The Kier molecular flexibility index (Phi) is 5.26. The van der Waals surface area contributed by atoms with Crippen LogP contribution in [-0.2, 0) is 9.53 Å². The summed E-state index contributed by atoms with van der Waals surface area (Å²) < 4.78 is 15.2. The van der Waals surface area contributed by atoms with E-state index in [-0.39, 0.29) is 11.4 Å². The molecule has 0 aromatic heterocycles. The third-order valence-corrected chi connectivity index (χ3v) is 3.92. The van der Waals surface area contributed by atoms with Crippen molar-refractivity contribution in [1.82, 2.24) is 4.90 Å². The van der Waals surface area contributed by atoms with E-state index < -0.39 is 5.97 Å². The number of benzene rings is 1. The Morgan fingerprint density at radius 3 is 2.30 bits per heavy atom. The largest absolute Gasteiger partial charge is 0.493 e. The number of likely N-dealkylation sites (tertiary alicyclic amines) is 1. The van der Waals surface area contributed by atoms with Crippen LogP contribution in [0.25, 0.3) is 0 Å². The minimum Gasteiger partial charge on any atom is -0.493 e. The summed E-state index contributed by atoms with van der Waals surface area (Å²) in [6.45, 7) is 0.815. The Labute approximate surface area is 135 Å². The van der Waals surface area contributed by atoms with Crippen molar-refractivity contribution in [1.29, 1.82) is 0 Å². The van der Waals surface area contributed by atoms with Gasteiger partial charge in [-0.2, -0.15) is 0 Å². The molecule has 1 aliphatic rings.